The molecule has 1 aromatic heterocycles. The number of Topliss-reactive ketones (excluding diaryl/α,β-unsaturated/α-hetero) is 1. The number of carbonyl (C=O) groups is 1. The molecule has 0 amide bonds. The van der Waals surface area contributed by atoms with Crippen molar-refractivity contribution in [3.8, 4) is 5.75 Å². The molecule has 1 heterocycles. The van der Waals surface area contributed by atoms with E-state index >= 15 is 0 Å². The van der Waals surface area contributed by atoms with Crippen LogP contribution in [0.2, 0.25) is 0 Å². The van der Waals surface area contributed by atoms with Gasteiger partial charge in [0.1, 0.15) is 5.75 Å². The van der Waals surface area contributed by atoms with Crippen molar-refractivity contribution in [3.05, 3.63) is 24.0 Å². The number of ether oxygens (including phenoxy) is 1. The van der Waals surface area contributed by atoms with Gasteiger partial charge in [0.15, 0.2) is 5.78 Å². The van der Waals surface area contributed by atoms with Crippen LogP contribution in [0.1, 0.15) is 30.6 Å². The number of hydrogen-bond acceptors (Lipinski definition) is 4. The van der Waals surface area contributed by atoms with Crippen molar-refractivity contribution >= 4 is 5.78 Å². The maximum atomic E-state index is 12.5. The lowest BCUT2D eigenvalue weighted by Gasteiger charge is -2.33. The molecular formula is C13H20N2O2. The highest BCUT2D eigenvalue weighted by atomic mass is 16.5. The zero-order chi connectivity index (χ0) is 13.1. The van der Waals surface area contributed by atoms with Crippen LogP contribution in [0.25, 0.3) is 0 Å². The Hall–Kier alpha value is -1.42. The van der Waals surface area contributed by atoms with Gasteiger partial charge in [-0.05, 0) is 33.5 Å². The summed E-state index contributed by atoms with van der Waals surface area (Å²) in [6.07, 6.45) is 3.92. The first-order chi connectivity index (χ1) is 7.95. The number of rotatable bonds is 5. The van der Waals surface area contributed by atoms with Gasteiger partial charge in [-0.1, -0.05) is 6.92 Å². The summed E-state index contributed by atoms with van der Waals surface area (Å²) < 4.78 is 5.08. The van der Waals surface area contributed by atoms with Crippen LogP contribution >= 0.6 is 0 Å². The van der Waals surface area contributed by atoms with Gasteiger partial charge in [-0.15, -0.1) is 0 Å². The van der Waals surface area contributed by atoms with E-state index < -0.39 is 5.54 Å². The lowest BCUT2D eigenvalue weighted by Crippen LogP contribution is -2.48. The van der Waals surface area contributed by atoms with Crippen LogP contribution in [-0.2, 0) is 0 Å². The van der Waals surface area contributed by atoms with Gasteiger partial charge in [0.2, 0.25) is 0 Å². The van der Waals surface area contributed by atoms with E-state index in [1.54, 1.807) is 25.6 Å². The van der Waals surface area contributed by atoms with Crippen LogP contribution in [-0.4, -0.2) is 42.4 Å². The molecule has 4 nitrogen and oxygen atoms in total. The summed E-state index contributed by atoms with van der Waals surface area (Å²) in [5, 5.41) is 0. The zero-order valence-electron chi connectivity index (χ0n) is 11.2. The average Bonchev–Trinajstić information content (AvgIpc) is 2.36. The van der Waals surface area contributed by atoms with Gasteiger partial charge in [-0.3, -0.25) is 14.7 Å². The van der Waals surface area contributed by atoms with E-state index in [1.807, 2.05) is 32.8 Å². The number of aromatic nitrogens is 1. The Bertz CT molecular complexity index is 404. The molecule has 1 atom stereocenters. The average molecular weight is 236 g/mol. The van der Waals surface area contributed by atoms with E-state index in [0.29, 0.717) is 11.3 Å². The normalized spacial score (nSPS) is 14.5. The molecule has 0 aliphatic carbocycles. The molecule has 0 spiro atoms. The van der Waals surface area contributed by atoms with Crippen molar-refractivity contribution in [2.45, 2.75) is 25.8 Å². The molecule has 17 heavy (non-hydrogen) atoms. The zero-order valence-corrected chi connectivity index (χ0v) is 11.2. The van der Waals surface area contributed by atoms with Gasteiger partial charge in [0.25, 0.3) is 0 Å². The van der Waals surface area contributed by atoms with Crippen molar-refractivity contribution in [1.29, 1.82) is 0 Å². The van der Waals surface area contributed by atoms with E-state index in [2.05, 4.69) is 4.98 Å². The lowest BCUT2D eigenvalue weighted by molar-refractivity contribution is 0.0710. The van der Waals surface area contributed by atoms with Gasteiger partial charge in [-0.25, -0.2) is 0 Å². The Morgan fingerprint density at radius 3 is 2.59 bits per heavy atom. The molecule has 0 aliphatic rings. The quantitative estimate of drug-likeness (QED) is 0.733. The van der Waals surface area contributed by atoms with Crippen LogP contribution in [0.4, 0.5) is 0 Å². The summed E-state index contributed by atoms with van der Waals surface area (Å²) in [6.45, 7) is 3.94. The summed E-state index contributed by atoms with van der Waals surface area (Å²) in [5.74, 6) is 0.671. The molecule has 0 N–H and O–H groups in total. The standard InChI is InChI=1S/C13H20N2O2/c1-6-13(2,15(3)4)12(16)10-7-11(17-5)9-14-8-10/h7-9H,6H2,1-5H3. The third kappa shape index (κ3) is 2.64. The smallest absolute Gasteiger partial charge is 0.184 e. The third-order valence-electron chi connectivity index (χ3n) is 3.38. The molecule has 0 fully saturated rings. The first kappa shape index (κ1) is 13.6. The molecule has 94 valence electrons. The fourth-order valence-corrected chi connectivity index (χ4v) is 1.65. The van der Waals surface area contributed by atoms with E-state index in [4.69, 9.17) is 4.74 Å². The summed E-state index contributed by atoms with van der Waals surface area (Å²) in [5.41, 5.74) is 0.0796. The molecule has 0 aromatic carbocycles. The second-order valence-corrected chi connectivity index (χ2v) is 4.46. The summed E-state index contributed by atoms with van der Waals surface area (Å²) in [4.78, 5) is 18.4. The molecule has 0 saturated heterocycles. The highest BCUT2D eigenvalue weighted by Crippen LogP contribution is 2.23. The number of pyridine rings is 1. The molecule has 0 bridgehead atoms. The number of hydrogen-bond donors (Lipinski definition) is 0. The second-order valence-electron chi connectivity index (χ2n) is 4.46. The number of nitrogens with zero attached hydrogens (tertiary/aromatic N) is 2. The largest absolute Gasteiger partial charge is 0.495 e. The van der Waals surface area contributed by atoms with Crippen molar-refractivity contribution in [2.75, 3.05) is 21.2 Å². The first-order valence-corrected chi connectivity index (χ1v) is 5.67. The van der Waals surface area contributed by atoms with Crippen molar-refractivity contribution in [3.63, 3.8) is 0 Å². The molecule has 0 aliphatic heterocycles. The van der Waals surface area contributed by atoms with Crippen LogP contribution in [0, 0.1) is 0 Å². The van der Waals surface area contributed by atoms with Crippen LogP contribution in [0.3, 0.4) is 0 Å². The number of likely N-dealkylation sites (N-methyl/N-ethyl adjacent to an activating group) is 1. The maximum Gasteiger partial charge on any atom is 0.184 e. The first-order valence-electron chi connectivity index (χ1n) is 5.67. The lowest BCUT2D eigenvalue weighted by atomic mass is 9.88. The van der Waals surface area contributed by atoms with Crippen molar-refractivity contribution in [2.24, 2.45) is 0 Å². The fraction of sp³-hybridized carbons (Fsp3) is 0.538. The Morgan fingerprint density at radius 1 is 1.47 bits per heavy atom. The van der Waals surface area contributed by atoms with E-state index in [1.165, 1.54) is 0 Å². The van der Waals surface area contributed by atoms with Gasteiger partial charge < -0.3 is 4.74 Å². The van der Waals surface area contributed by atoms with E-state index in [-0.39, 0.29) is 5.78 Å². The predicted octanol–water partition coefficient (Wildman–Crippen LogP) is 2.00. The van der Waals surface area contributed by atoms with Gasteiger partial charge >= 0.3 is 0 Å². The van der Waals surface area contributed by atoms with Crippen molar-refractivity contribution < 1.29 is 9.53 Å². The summed E-state index contributed by atoms with van der Waals surface area (Å²) in [7, 11) is 5.39. The van der Waals surface area contributed by atoms with Crippen LogP contribution in [0.5, 0.6) is 5.75 Å². The Kier molecular flexibility index (Phi) is 4.23. The van der Waals surface area contributed by atoms with Crippen molar-refractivity contribution in [1.82, 2.24) is 9.88 Å². The van der Waals surface area contributed by atoms with Gasteiger partial charge in [0.05, 0.1) is 18.8 Å². The Labute approximate surface area is 103 Å². The third-order valence-corrected chi connectivity index (χ3v) is 3.38. The Morgan fingerprint density at radius 2 is 2.12 bits per heavy atom. The minimum absolute atomic E-state index is 0.0661. The predicted molar refractivity (Wildman–Crippen MR) is 67.5 cm³/mol. The summed E-state index contributed by atoms with van der Waals surface area (Å²) >= 11 is 0. The SMILES string of the molecule is CCC(C)(C(=O)c1cncc(OC)c1)N(C)C. The highest BCUT2D eigenvalue weighted by molar-refractivity contribution is 6.02. The van der Waals surface area contributed by atoms with Gasteiger partial charge in [0, 0.05) is 11.8 Å². The number of ketones is 1. The maximum absolute atomic E-state index is 12.5. The topological polar surface area (TPSA) is 42.4 Å². The monoisotopic (exact) mass is 236 g/mol. The minimum Gasteiger partial charge on any atom is -0.495 e. The summed E-state index contributed by atoms with van der Waals surface area (Å²) in [6, 6.07) is 1.73. The molecule has 1 aromatic rings. The molecule has 0 saturated carbocycles. The number of methoxy groups -OCH3 is 1. The van der Waals surface area contributed by atoms with Crippen LogP contribution in [0.15, 0.2) is 18.5 Å². The molecule has 0 radical (unpaired) electrons. The molecular weight excluding hydrogens is 216 g/mol. The Balaban J connectivity index is 3.10. The van der Waals surface area contributed by atoms with Crippen LogP contribution < -0.4 is 4.74 Å². The fourth-order valence-electron chi connectivity index (χ4n) is 1.65. The molecule has 1 rings (SSSR count). The molecule has 1 unspecified atom stereocenters. The van der Waals surface area contributed by atoms with Gasteiger partial charge in [-0.2, -0.15) is 0 Å². The molecule has 4 heteroatoms. The second kappa shape index (κ2) is 5.27. The number of carbonyl (C=O) groups excluding carboxylic acids is 1. The highest BCUT2D eigenvalue weighted by Gasteiger charge is 2.34. The van der Waals surface area contributed by atoms with E-state index in [0.717, 1.165) is 6.42 Å². The van der Waals surface area contributed by atoms with E-state index in [9.17, 15) is 4.79 Å². The minimum atomic E-state index is -0.506.